The van der Waals surface area contributed by atoms with E-state index in [4.69, 9.17) is 9.47 Å². The van der Waals surface area contributed by atoms with Crippen molar-refractivity contribution in [1.29, 1.82) is 0 Å². The van der Waals surface area contributed by atoms with Gasteiger partial charge in [-0.2, -0.15) is 0 Å². The number of hydrogen-bond donors (Lipinski definition) is 7. The predicted molar refractivity (Wildman–Crippen MR) is 253 cm³/mol. The number of carbonyl (C=O) groups excluding carboxylic acids is 2. The van der Waals surface area contributed by atoms with Crippen molar-refractivity contribution in [2.75, 3.05) is 14.2 Å². The van der Waals surface area contributed by atoms with Crippen LogP contribution in [0.3, 0.4) is 0 Å². The third kappa shape index (κ3) is 14.1. The summed E-state index contributed by atoms with van der Waals surface area (Å²) in [5, 5.41) is 72.4. The lowest BCUT2D eigenvalue weighted by atomic mass is 9.87. The summed E-state index contributed by atoms with van der Waals surface area (Å²) in [5.41, 5.74) is 6.57. The zero-order chi connectivity index (χ0) is 48.0. The topological polar surface area (TPSA) is 194 Å². The van der Waals surface area contributed by atoms with E-state index in [1.165, 1.54) is 56.2 Å². The molecule has 0 amide bonds. The zero-order valence-electron chi connectivity index (χ0n) is 38.5. The number of Topliss-reactive ketones (excluding diaryl/α,β-unsaturated/α-hetero) is 1. The Morgan fingerprint density at radius 2 is 1.14 bits per heavy atom. The van der Waals surface area contributed by atoms with Crippen molar-refractivity contribution in [3.63, 3.8) is 0 Å². The summed E-state index contributed by atoms with van der Waals surface area (Å²) in [6.45, 7) is 21.8. The number of phenols is 7. The summed E-state index contributed by atoms with van der Waals surface area (Å²) in [4.78, 5) is 26.0. The number of rotatable bonds is 19. The van der Waals surface area contributed by atoms with Gasteiger partial charge in [0.2, 0.25) is 0 Å². The summed E-state index contributed by atoms with van der Waals surface area (Å²) in [6.07, 6.45) is 9.16. The van der Waals surface area contributed by atoms with Gasteiger partial charge in [-0.05, 0) is 134 Å². The van der Waals surface area contributed by atoms with Gasteiger partial charge >= 0.3 is 0 Å². The normalized spacial score (nSPS) is 11.8. The van der Waals surface area contributed by atoms with Crippen LogP contribution in [0.5, 0.6) is 51.7 Å². The largest absolute Gasteiger partial charge is 0.508 e. The Kier molecular flexibility index (Phi) is 18.9. The number of benzene rings is 4. The van der Waals surface area contributed by atoms with E-state index < -0.39 is 5.78 Å². The van der Waals surface area contributed by atoms with Gasteiger partial charge < -0.3 is 45.2 Å². The molecule has 0 aliphatic rings. The molecule has 4 aromatic carbocycles. The molecule has 0 spiro atoms. The molecule has 0 aliphatic heterocycles. The highest BCUT2D eigenvalue weighted by molar-refractivity contribution is 6.11. The van der Waals surface area contributed by atoms with E-state index >= 15 is 0 Å². The van der Waals surface area contributed by atoms with Crippen LogP contribution >= 0.6 is 0 Å². The maximum Gasteiger partial charge on any atom is 0.193 e. The number of phenolic OH excluding ortho intramolecular Hbond substituents is 7. The molecule has 2 unspecified atom stereocenters. The second-order valence-electron chi connectivity index (χ2n) is 16.6. The van der Waals surface area contributed by atoms with Crippen molar-refractivity contribution < 1.29 is 54.8 Å². The molecule has 11 nitrogen and oxygen atoms in total. The Bertz CT molecular complexity index is 2440. The average molecular weight is 877 g/mol. The number of ether oxygens (including phenoxy) is 2. The molecule has 2 atom stereocenters. The molecule has 0 saturated carbocycles. The molecule has 4 rings (SSSR count). The van der Waals surface area contributed by atoms with E-state index in [0.29, 0.717) is 42.4 Å². The molecule has 342 valence electrons. The fraction of sp³-hybridized carbons (Fsp3) is 0.321. The minimum absolute atomic E-state index is 0.00236. The maximum absolute atomic E-state index is 13.1. The van der Waals surface area contributed by atoms with E-state index in [-0.39, 0.29) is 92.5 Å². The van der Waals surface area contributed by atoms with Crippen molar-refractivity contribution in [1.82, 2.24) is 0 Å². The smallest absolute Gasteiger partial charge is 0.193 e. The summed E-state index contributed by atoms with van der Waals surface area (Å²) in [5.74, 6) is -1.82. The first kappa shape index (κ1) is 51.5. The van der Waals surface area contributed by atoms with Crippen molar-refractivity contribution in [3.8, 4) is 51.7 Å². The SMILES string of the molecule is C=C(C)C(CC=C(C)C)Cc1c(O)cc(OC)c(C(=O)/C=C/c2ccc(O)cc2O)c1O.C=C(C)C(CC=C(C)C)Cc1c(O)cc(OC)c(C(=O)CCc2ccc(C)cc2O)c1O. The zero-order valence-corrected chi connectivity index (χ0v) is 38.5. The minimum Gasteiger partial charge on any atom is -0.508 e. The summed E-state index contributed by atoms with van der Waals surface area (Å²) >= 11 is 0. The Balaban J connectivity index is 0.000000340. The Hall–Kier alpha value is -6.88. The predicted octanol–water partition coefficient (Wildman–Crippen LogP) is 11.5. The first-order chi connectivity index (χ1) is 30.1. The summed E-state index contributed by atoms with van der Waals surface area (Å²) in [7, 11) is 2.73. The molecular formula is C53H64O11. The van der Waals surface area contributed by atoms with Gasteiger partial charge in [-0.15, -0.1) is 0 Å². The van der Waals surface area contributed by atoms with Gasteiger partial charge in [0, 0.05) is 41.3 Å². The van der Waals surface area contributed by atoms with Crippen molar-refractivity contribution in [3.05, 3.63) is 141 Å². The molecule has 0 aliphatic carbocycles. The quantitative estimate of drug-likeness (QED) is 0.0269. The molecule has 0 saturated heterocycles. The van der Waals surface area contributed by atoms with E-state index in [2.05, 4.69) is 25.3 Å². The van der Waals surface area contributed by atoms with E-state index in [0.717, 1.165) is 34.8 Å². The van der Waals surface area contributed by atoms with Gasteiger partial charge in [0.15, 0.2) is 11.6 Å². The second kappa shape index (κ2) is 23.5. The summed E-state index contributed by atoms with van der Waals surface area (Å²) < 4.78 is 10.5. The Morgan fingerprint density at radius 3 is 1.59 bits per heavy atom. The third-order valence-corrected chi connectivity index (χ3v) is 10.9. The average Bonchev–Trinajstić information content (AvgIpc) is 3.21. The lowest BCUT2D eigenvalue weighted by Gasteiger charge is -2.20. The highest BCUT2D eigenvalue weighted by atomic mass is 16.5. The van der Waals surface area contributed by atoms with Gasteiger partial charge in [0.25, 0.3) is 0 Å². The fourth-order valence-electron chi connectivity index (χ4n) is 6.92. The lowest BCUT2D eigenvalue weighted by molar-refractivity contribution is 0.0975. The molecule has 4 aromatic rings. The van der Waals surface area contributed by atoms with E-state index in [1.807, 2.05) is 54.5 Å². The van der Waals surface area contributed by atoms with Crippen LogP contribution in [0, 0.1) is 18.8 Å². The van der Waals surface area contributed by atoms with Crippen LogP contribution in [-0.2, 0) is 19.3 Å². The highest BCUT2D eigenvalue weighted by Crippen LogP contribution is 2.43. The summed E-state index contributed by atoms with van der Waals surface area (Å²) in [6, 6.07) is 12.0. The molecular weight excluding hydrogens is 813 g/mol. The number of allylic oxidation sites excluding steroid dienone is 7. The standard InChI is InChI=1S/C27H34O5.C26H30O6/c1-16(2)7-9-20(17(3)4)14-21-24(30)15-25(32-6)26(27(21)31)22(28)12-11-19-10-8-18(5)13-23(19)29;1-15(2)6-7-18(16(3)4)12-20-23(30)14-24(32-5)25(26(20)31)21(28)11-9-17-8-10-19(27)13-22(17)29/h7-8,10,13,15,20,29-31H,3,9,11-12,14H2,1-2,4-6H3;6,8-11,13-14,18,27,29-31H,3,7,12H2,1-2,4-5H3/b;11-9+. The van der Waals surface area contributed by atoms with E-state index in [1.54, 1.807) is 12.1 Å². The number of methoxy groups -OCH3 is 2. The second-order valence-corrected chi connectivity index (χ2v) is 16.6. The number of carbonyl (C=O) groups is 2. The van der Waals surface area contributed by atoms with Crippen molar-refractivity contribution in [2.24, 2.45) is 11.8 Å². The molecule has 0 bridgehead atoms. The minimum atomic E-state index is -0.566. The molecule has 7 N–H and O–H groups in total. The van der Waals surface area contributed by atoms with Gasteiger partial charge in [-0.3, -0.25) is 9.59 Å². The molecule has 0 radical (unpaired) electrons. The molecule has 0 heterocycles. The van der Waals surface area contributed by atoms with Gasteiger partial charge in [-0.25, -0.2) is 0 Å². The van der Waals surface area contributed by atoms with Crippen molar-refractivity contribution in [2.45, 2.75) is 87.0 Å². The number of ketones is 2. The van der Waals surface area contributed by atoms with E-state index in [9.17, 15) is 45.3 Å². The number of aromatic hydroxyl groups is 7. The fourth-order valence-corrected chi connectivity index (χ4v) is 6.92. The van der Waals surface area contributed by atoms with Crippen LogP contribution in [0.1, 0.15) is 109 Å². The Morgan fingerprint density at radius 1 is 0.641 bits per heavy atom. The van der Waals surface area contributed by atoms with Crippen molar-refractivity contribution >= 4 is 17.6 Å². The Labute approximate surface area is 377 Å². The highest BCUT2D eigenvalue weighted by Gasteiger charge is 2.27. The first-order valence-corrected chi connectivity index (χ1v) is 21.0. The van der Waals surface area contributed by atoms with Gasteiger partial charge in [0.1, 0.15) is 62.9 Å². The van der Waals surface area contributed by atoms with Crippen LogP contribution in [0.15, 0.2) is 102 Å². The van der Waals surface area contributed by atoms with Gasteiger partial charge in [-0.1, -0.05) is 59.7 Å². The van der Waals surface area contributed by atoms with Crippen LogP contribution in [-0.4, -0.2) is 61.5 Å². The molecule has 0 fully saturated rings. The molecule has 64 heavy (non-hydrogen) atoms. The van der Waals surface area contributed by atoms with Gasteiger partial charge in [0.05, 0.1) is 14.2 Å². The first-order valence-electron chi connectivity index (χ1n) is 21.0. The lowest BCUT2D eigenvalue weighted by Crippen LogP contribution is -2.10. The number of hydrogen-bond acceptors (Lipinski definition) is 11. The maximum atomic E-state index is 13.1. The third-order valence-electron chi connectivity index (χ3n) is 10.9. The molecule has 0 aromatic heterocycles. The van der Waals surface area contributed by atoms with Crippen LogP contribution in [0.25, 0.3) is 6.08 Å². The molecule has 11 heteroatoms. The monoisotopic (exact) mass is 876 g/mol. The van der Waals surface area contributed by atoms with Crippen LogP contribution < -0.4 is 9.47 Å². The number of aryl methyl sites for hydroxylation is 2. The van der Waals surface area contributed by atoms with Crippen LogP contribution in [0.4, 0.5) is 0 Å². The van der Waals surface area contributed by atoms with Crippen LogP contribution in [0.2, 0.25) is 0 Å².